The van der Waals surface area contributed by atoms with E-state index >= 15 is 0 Å². The van der Waals surface area contributed by atoms with Gasteiger partial charge >= 0.3 is 12.1 Å². The molecule has 2 aromatic rings. The minimum absolute atomic E-state index is 0.0469. The first-order chi connectivity index (χ1) is 16.3. The first-order valence-electron chi connectivity index (χ1n) is 11.5. The van der Waals surface area contributed by atoms with Gasteiger partial charge in [0.15, 0.2) is 0 Å². The summed E-state index contributed by atoms with van der Waals surface area (Å²) in [6.07, 6.45) is -0.790. The van der Waals surface area contributed by atoms with Crippen molar-refractivity contribution in [3.8, 4) is 11.1 Å². The van der Waals surface area contributed by atoms with Crippen LogP contribution in [0.1, 0.15) is 50.2 Å². The van der Waals surface area contributed by atoms with E-state index in [0.717, 1.165) is 22.3 Å². The van der Waals surface area contributed by atoms with E-state index < -0.39 is 29.6 Å². The molecular formula is C26H32N2O6. The van der Waals surface area contributed by atoms with Gasteiger partial charge in [-0.15, -0.1) is 0 Å². The van der Waals surface area contributed by atoms with Crippen molar-refractivity contribution in [2.75, 3.05) is 20.3 Å². The zero-order valence-corrected chi connectivity index (χ0v) is 19.8. The highest BCUT2D eigenvalue weighted by Crippen LogP contribution is 2.44. The predicted molar refractivity (Wildman–Crippen MR) is 128 cm³/mol. The van der Waals surface area contributed by atoms with E-state index in [-0.39, 0.29) is 38.3 Å². The lowest BCUT2D eigenvalue weighted by molar-refractivity contribution is -0.148. The van der Waals surface area contributed by atoms with Crippen molar-refractivity contribution in [2.45, 2.75) is 50.7 Å². The number of carboxylic acid groups (broad SMARTS) is 1. The number of carboxylic acids is 1. The summed E-state index contributed by atoms with van der Waals surface area (Å²) in [7, 11) is 1.43. The Balaban J connectivity index is 1.53. The van der Waals surface area contributed by atoms with Gasteiger partial charge < -0.3 is 25.2 Å². The molecule has 0 radical (unpaired) electrons. The van der Waals surface area contributed by atoms with E-state index in [0.29, 0.717) is 0 Å². The van der Waals surface area contributed by atoms with E-state index in [4.69, 9.17) is 9.47 Å². The second kappa shape index (κ2) is 11.2. The third-order valence-electron chi connectivity index (χ3n) is 6.56. The van der Waals surface area contributed by atoms with Crippen molar-refractivity contribution < 1.29 is 29.0 Å². The van der Waals surface area contributed by atoms with Crippen molar-refractivity contribution in [3.05, 3.63) is 59.7 Å². The van der Waals surface area contributed by atoms with Crippen LogP contribution >= 0.6 is 0 Å². The molecule has 8 nitrogen and oxygen atoms in total. The molecule has 34 heavy (non-hydrogen) atoms. The van der Waals surface area contributed by atoms with Gasteiger partial charge in [-0.2, -0.15) is 0 Å². The van der Waals surface area contributed by atoms with Crippen molar-refractivity contribution >= 4 is 18.0 Å². The van der Waals surface area contributed by atoms with Crippen LogP contribution in [0.4, 0.5) is 4.79 Å². The lowest BCUT2D eigenvalue weighted by atomic mass is 9.92. The Bertz CT molecular complexity index is 988. The maximum absolute atomic E-state index is 12.4. The minimum atomic E-state index is -1.31. The second-order valence-electron chi connectivity index (χ2n) is 8.41. The van der Waals surface area contributed by atoms with Crippen LogP contribution in [-0.4, -0.2) is 55.0 Å². The Kier molecular flexibility index (Phi) is 8.28. The van der Waals surface area contributed by atoms with Gasteiger partial charge in [0.25, 0.3) is 0 Å². The highest BCUT2D eigenvalue weighted by Gasteiger charge is 2.36. The lowest BCUT2D eigenvalue weighted by Gasteiger charge is -2.28. The van der Waals surface area contributed by atoms with Crippen LogP contribution in [0.5, 0.6) is 0 Å². The van der Waals surface area contributed by atoms with Crippen molar-refractivity contribution in [1.82, 2.24) is 10.6 Å². The molecule has 182 valence electrons. The predicted octanol–water partition coefficient (Wildman–Crippen LogP) is 3.69. The van der Waals surface area contributed by atoms with Gasteiger partial charge in [0.2, 0.25) is 5.91 Å². The number of carbonyl (C=O) groups excluding carboxylic acids is 2. The van der Waals surface area contributed by atoms with Crippen LogP contribution in [0.3, 0.4) is 0 Å². The average Bonchev–Trinajstić information content (AvgIpc) is 3.17. The number of alkyl carbamates (subject to hydrolysis) is 1. The Morgan fingerprint density at radius 2 is 1.56 bits per heavy atom. The normalized spacial score (nSPS) is 13.5. The Morgan fingerprint density at radius 3 is 2.06 bits per heavy atom. The summed E-state index contributed by atoms with van der Waals surface area (Å²) in [5.41, 5.74) is 3.23. The molecule has 0 saturated heterocycles. The van der Waals surface area contributed by atoms with Crippen molar-refractivity contribution in [3.63, 3.8) is 0 Å². The summed E-state index contributed by atoms with van der Waals surface area (Å²) in [4.78, 5) is 36.4. The molecule has 3 rings (SSSR count). The maximum atomic E-state index is 12.4. The topological polar surface area (TPSA) is 114 Å². The largest absolute Gasteiger partial charge is 0.480 e. The van der Waals surface area contributed by atoms with E-state index in [9.17, 15) is 19.5 Å². The highest BCUT2D eigenvalue weighted by molar-refractivity contribution is 5.87. The molecule has 2 aromatic carbocycles. The summed E-state index contributed by atoms with van der Waals surface area (Å²) < 4.78 is 10.8. The number of ether oxygens (including phenoxy) is 2. The summed E-state index contributed by atoms with van der Waals surface area (Å²) in [6.45, 7) is 3.67. The Hall–Kier alpha value is -3.39. The molecule has 1 unspecified atom stereocenters. The van der Waals surface area contributed by atoms with Crippen molar-refractivity contribution in [2.24, 2.45) is 0 Å². The first-order valence-corrected chi connectivity index (χ1v) is 11.5. The number of fused-ring (bicyclic) bond motifs is 3. The van der Waals surface area contributed by atoms with Crippen LogP contribution in [0.15, 0.2) is 48.5 Å². The number of hydrogen-bond acceptors (Lipinski definition) is 5. The van der Waals surface area contributed by atoms with Gasteiger partial charge in [-0.05, 0) is 35.1 Å². The molecule has 0 aliphatic heterocycles. The zero-order chi connectivity index (χ0) is 24.7. The summed E-state index contributed by atoms with van der Waals surface area (Å²) in [6, 6.07) is 16.2. The van der Waals surface area contributed by atoms with E-state index in [1.165, 1.54) is 7.11 Å². The van der Waals surface area contributed by atoms with E-state index in [2.05, 4.69) is 22.8 Å². The molecule has 0 heterocycles. The Labute approximate surface area is 199 Å². The standard InChI is InChI=1S/C26H32N2O6/c1-4-26(5-2,24(30)31)28-23(29)14-17(33-3)15-27-25(32)34-16-22-20-12-8-6-10-18(20)19-11-7-9-13-21(19)22/h6-13,17,22H,4-5,14-16H2,1-3H3,(H,27,32)(H,28,29)(H,30,31). The van der Waals surface area contributed by atoms with Gasteiger partial charge in [0.1, 0.15) is 12.1 Å². The summed E-state index contributed by atoms with van der Waals surface area (Å²) in [5.74, 6) is -1.57. The van der Waals surface area contributed by atoms with Crippen LogP contribution in [0.2, 0.25) is 0 Å². The fraction of sp³-hybridized carbons (Fsp3) is 0.423. The van der Waals surface area contributed by atoms with Gasteiger partial charge in [0.05, 0.1) is 12.5 Å². The summed E-state index contributed by atoms with van der Waals surface area (Å²) in [5, 5.41) is 14.7. The molecule has 2 amide bonds. The average molecular weight is 469 g/mol. The molecule has 0 spiro atoms. The maximum Gasteiger partial charge on any atom is 0.407 e. The molecule has 0 bridgehead atoms. The number of aliphatic carboxylic acids is 1. The fourth-order valence-electron chi connectivity index (χ4n) is 4.39. The first kappa shape index (κ1) is 25.2. The fourth-order valence-corrected chi connectivity index (χ4v) is 4.39. The van der Waals surface area contributed by atoms with E-state index in [1.807, 2.05) is 36.4 Å². The highest BCUT2D eigenvalue weighted by atomic mass is 16.5. The SMILES string of the molecule is CCC(CC)(NC(=O)CC(CNC(=O)OCC1c2ccccc2-c2ccccc21)OC)C(=O)O. The molecule has 0 saturated carbocycles. The summed E-state index contributed by atoms with van der Waals surface area (Å²) >= 11 is 0. The van der Waals surface area contributed by atoms with Crippen molar-refractivity contribution in [1.29, 1.82) is 0 Å². The third-order valence-corrected chi connectivity index (χ3v) is 6.56. The minimum Gasteiger partial charge on any atom is -0.480 e. The van der Waals surface area contributed by atoms with Gasteiger partial charge in [0, 0.05) is 19.6 Å². The molecule has 0 aromatic heterocycles. The van der Waals surface area contributed by atoms with Crippen LogP contribution in [-0.2, 0) is 19.1 Å². The quantitative estimate of drug-likeness (QED) is 0.464. The van der Waals surface area contributed by atoms with Gasteiger partial charge in [-0.3, -0.25) is 4.79 Å². The second-order valence-corrected chi connectivity index (χ2v) is 8.41. The number of benzene rings is 2. The third kappa shape index (κ3) is 5.39. The monoisotopic (exact) mass is 468 g/mol. The Morgan fingerprint density at radius 1 is 1.00 bits per heavy atom. The van der Waals surface area contributed by atoms with Crippen LogP contribution < -0.4 is 10.6 Å². The number of rotatable bonds is 11. The van der Waals surface area contributed by atoms with Crippen LogP contribution in [0, 0.1) is 0 Å². The number of hydrogen-bond donors (Lipinski definition) is 3. The van der Waals surface area contributed by atoms with E-state index in [1.54, 1.807) is 13.8 Å². The molecule has 1 aliphatic carbocycles. The van der Waals surface area contributed by atoms with Gasteiger partial charge in [-0.1, -0.05) is 62.4 Å². The smallest absolute Gasteiger partial charge is 0.407 e. The number of nitrogens with one attached hydrogen (secondary N) is 2. The molecule has 3 N–H and O–H groups in total. The molecular weight excluding hydrogens is 436 g/mol. The zero-order valence-electron chi connectivity index (χ0n) is 19.8. The number of carbonyl (C=O) groups is 3. The molecule has 1 atom stereocenters. The molecule has 1 aliphatic rings. The molecule has 0 fully saturated rings. The molecule has 8 heteroatoms. The van der Waals surface area contributed by atoms with Gasteiger partial charge in [-0.25, -0.2) is 9.59 Å². The number of methoxy groups -OCH3 is 1. The lowest BCUT2D eigenvalue weighted by Crippen LogP contribution is -2.54. The number of amides is 2. The van der Waals surface area contributed by atoms with Crippen LogP contribution in [0.25, 0.3) is 11.1 Å².